The van der Waals surface area contributed by atoms with E-state index in [9.17, 15) is 4.79 Å². The molecule has 180 valence electrons. The molecular formula is C29H32N4OS. The number of fused-ring (bicyclic) bond motifs is 1. The highest BCUT2D eigenvalue weighted by Gasteiger charge is 2.16. The third-order valence-electron chi connectivity index (χ3n) is 6.67. The third kappa shape index (κ3) is 5.93. The van der Waals surface area contributed by atoms with Crippen molar-refractivity contribution >= 4 is 28.8 Å². The van der Waals surface area contributed by atoms with Crippen molar-refractivity contribution in [3.05, 3.63) is 89.1 Å². The number of imidazole rings is 1. The Hall–Kier alpha value is -3.12. The molecule has 1 aliphatic carbocycles. The van der Waals surface area contributed by atoms with Crippen LogP contribution in [-0.4, -0.2) is 26.5 Å². The number of nitrogens with zero attached hydrogens (tertiary/aromatic N) is 3. The van der Waals surface area contributed by atoms with E-state index in [0.29, 0.717) is 6.04 Å². The molecule has 0 aliphatic heterocycles. The van der Waals surface area contributed by atoms with Crippen LogP contribution in [0.2, 0.25) is 0 Å². The zero-order valence-electron chi connectivity index (χ0n) is 20.2. The van der Waals surface area contributed by atoms with Crippen LogP contribution in [0.5, 0.6) is 0 Å². The lowest BCUT2D eigenvalue weighted by Crippen LogP contribution is -2.34. The standard InChI is InChI=1S/C29H32N4OS/c1-21-8-6-9-23(18-21)19-33-27-26(12-7-17-30-27)32-29(33)35-20-22-13-15-24(16-14-22)28(34)31-25-10-4-2-3-5-11-25/h6-9,12-18,25H,2-5,10-11,19-20H2,1H3,(H,31,34). The normalized spacial score (nSPS) is 14.7. The highest BCUT2D eigenvalue weighted by Crippen LogP contribution is 2.27. The van der Waals surface area contributed by atoms with Crippen molar-refractivity contribution in [2.45, 2.75) is 68.9 Å². The molecule has 35 heavy (non-hydrogen) atoms. The second-order valence-electron chi connectivity index (χ2n) is 9.46. The minimum absolute atomic E-state index is 0.0436. The minimum atomic E-state index is 0.0436. The van der Waals surface area contributed by atoms with Gasteiger partial charge in [0.25, 0.3) is 5.91 Å². The van der Waals surface area contributed by atoms with Crippen LogP contribution in [-0.2, 0) is 12.3 Å². The van der Waals surface area contributed by atoms with E-state index in [1.807, 2.05) is 30.5 Å². The van der Waals surface area contributed by atoms with Crippen LogP contribution < -0.4 is 5.32 Å². The van der Waals surface area contributed by atoms with Crippen LogP contribution in [0.15, 0.2) is 72.0 Å². The molecule has 5 nitrogen and oxygen atoms in total. The zero-order chi connectivity index (χ0) is 24.0. The van der Waals surface area contributed by atoms with Crippen LogP contribution in [0, 0.1) is 6.92 Å². The molecule has 1 fully saturated rings. The van der Waals surface area contributed by atoms with Crippen LogP contribution in [0.1, 0.15) is 65.6 Å². The van der Waals surface area contributed by atoms with E-state index in [1.54, 1.807) is 11.8 Å². The lowest BCUT2D eigenvalue weighted by atomic mass is 10.1. The first-order valence-electron chi connectivity index (χ1n) is 12.5. The predicted molar refractivity (Wildman–Crippen MR) is 143 cm³/mol. The van der Waals surface area contributed by atoms with Gasteiger partial charge in [0.1, 0.15) is 5.52 Å². The van der Waals surface area contributed by atoms with Crippen molar-refractivity contribution in [1.82, 2.24) is 19.9 Å². The summed E-state index contributed by atoms with van der Waals surface area (Å²) in [5, 5.41) is 4.19. The summed E-state index contributed by atoms with van der Waals surface area (Å²) >= 11 is 1.71. The molecule has 1 N–H and O–H groups in total. The maximum atomic E-state index is 12.7. The molecule has 0 saturated heterocycles. The van der Waals surface area contributed by atoms with E-state index in [2.05, 4.69) is 58.2 Å². The van der Waals surface area contributed by atoms with Crippen LogP contribution in [0.25, 0.3) is 11.2 Å². The number of nitrogens with one attached hydrogen (secondary N) is 1. The van der Waals surface area contributed by atoms with E-state index < -0.39 is 0 Å². The molecule has 0 radical (unpaired) electrons. The highest BCUT2D eigenvalue weighted by atomic mass is 32.2. The summed E-state index contributed by atoms with van der Waals surface area (Å²) in [5.41, 5.74) is 6.20. The quantitative estimate of drug-likeness (QED) is 0.239. The number of carbonyl (C=O) groups is 1. The Labute approximate surface area is 211 Å². The van der Waals surface area contributed by atoms with Gasteiger partial charge < -0.3 is 5.32 Å². The number of carbonyl (C=O) groups excluding carboxylic acids is 1. The second-order valence-corrected chi connectivity index (χ2v) is 10.4. The van der Waals surface area contributed by atoms with Crippen molar-refractivity contribution in [3.8, 4) is 0 Å². The number of hydrogen-bond donors (Lipinski definition) is 1. The molecule has 2 aromatic heterocycles. The van der Waals surface area contributed by atoms with Crippen LogP contribution in [0.4, 0.5) is 0 Å². The topological polar surface area (TPSA) is 59.8 Å². The highest BCUT2D eigenvalue weighted by molar-refractivity contribution is 7.98. The monoisotopic (exact) mass is 484 g/mol. The van der Waals surface area contributed by atoms with Gasteiger partial charge >= 0.3 is 0 Å². The van der Waals surface area contributed by atoms with Crippen molar-refractivity contribution in [1.29, 1.82) is 0 Å². The molecule has 1 aliphatic rings. The van der Waals surface area contributed by atoms with E-state index >= 15 is 0 Å². The molecule has 0 unspecified atom stereocenters. The summed E-state index contributed by atoms with van der Waals surface area (Å²) in [6, 6.07) is 20.8. The molecule has 0 spiro atoms. The van der Waals surface area contributed by atoms with Crippen LogP contribution in [0.3, 0.4) is 0 Å². The Morgan fingerprint density at radius 1 is 1.00 bits per heavy atom. The third-order valence-corrected chi connectivity index (χ3v) is 7.71. The fraction of sp³-hybridized carbons (Fsp3) is 0.345. The molecule has 0 bridgehead atoms. The van der Waals surface area contributed by atoms with Crippen molar-refractivity contribution < 1.29 is 4.79 Å². The van der Waals surface area contributed by atoms with Crippen molar-refractivity contribution in [2.75, 3.05) is 0 Å². The summed E-state index contributed by atoms with van der Waals surface area (Å²) < 4.78 is 2.20. The predicted octanol–water partition coefficient (Wildman–Crippen LogP) is 6.53. The number of hydrogen-bond acceptors (Lipinski definition) is 4. The summed E-state index contributed by atoms with van der Waals surface area (Å²) in [6.45, 7) is 2.85. The Balaban J connectivity index is 1.27. The summed E-state index contributed by atoms with van der Waals surface area (Å²) in [5.74, 6) is 0.823. The number of amides is 1. The first-order chi connectivity index (χ1) is 17.2. The van der Waals surface area contributed by atoms with Gasteiger partial charge in [-0.2, -0.15) is 0 Å². The molecule has 0 atom stereocenters. The Bertz CT molecular complexity index is 1290. The summed E-state index contributed by atoms with van der Waals surface area (Å²) in [4.78, 5) is 22.2. The SMILES string of the molecule is Cc1cccc(Cn2c(SCc3ccc(C(=O)NC4CCCCCC4)cc3)nc3cccnc32)c1. The largest absolute Gasteiger partial charge is 0.349 e. The van der Waals surface area contributed by atoms with Gasteiger partial charge in [-0.25, -0.2) is 9.97 Å². The van der Waals surface area contributed by atoms with Gasteiger partial charge in [0.15, 0.2) is 10.8 Å². The number of benzene rings is 2. The van der Waals surface area contributed by atoms with Gasteiger partial charge in [-0.1, -0.05) is 79.4 Å². The number of pyridine rings is 1. The Kier molecular flexibility index (Phi) is 7.48. The minimum Gasteiger partial charge on any atom is -0.349 e. The first-order valence-corrected chi connectivity index (χ1v) is 13.5. The second kappa shape index (κ2) is 11.1. The van der Waals surface area contributed by atoms with E-state index in [4.69, 9.17) is 4.98 Å². The van der Waals surface area contributed by atoms with E-state index in [1.165, 1.54) is 42.4 Å². The van der Waals surface area contributed by atoms with E-state index in [0.717, 1.165) is 47.0 Å². The van der Waals surface area contributed by atoms with Crippen LogP contribution >= 0.6 is 11.8 Å². The Morgan fingerprint density at radius 3 is 2.57 bits per heavy atom. The number of thioether (sulfide) groups is 1. The smallest absolute Gasteiger partial charge is 0.251 e. The zero-order valence-corrected chi connectivity index (χ0v) is 21.1. The number of rotatable bonds is 7. The average molecular weight is 485 g/mol. The average Bonchev–Trinajstić information content (AvgIpc) is 3.02. The number of aryl methyl sites for hydroxylation is 1. The van der Waals surface area contributed by atoms with Gasteiger partial charge in [0.05, 0.1) is 6.54 Å². The van der Waals surface area contributed by atoms with E-state index in [-0.39, 0.29) is 5.91 Å². The molecule has 6 heteroatoms. The summed E-state index contributed by atoms with van der Waals surface area (Å²) in [7, 11) is 0. The molecule has 1 amide bonds. The lowest BCUT2D eigenvalue weighted by molar-refractivity contribution is 0.0933. The molecule has 5 rings (SSSR count). The first kappa shape index (κ1) is 23.6. The van der Waals surface area contributed by atoms with Gasteiger partial charge in [0.2, 0.25) is 0 Å². The van der Waals surface area contributed by atoms with Gasteiger partial charge in [-0.3, -0.25) is 9.36 Å². The molecular weight excluding hydrogens is 452 g/mol. The van der Waals surface area contributed by atoms with Gasteiger partial charge in [-0.15, -0.1) is 0 Å². The summed E-state index contributed by atoms with van der Waals surface area (Å²) in [6.07, 6.45) is 9.01. The fourth-order valence-corrected chi connectivity index (χ4v) is 5.73. The van der Waals surface area contributed by atoms with Crippen molar-refractivity contribution in [2.24, 2.45) is 0 Å². The van der Waals surface area contributed by atoms with Crippen molar-refractivity contribution in [3.63, 3.8) is 0 Å². The molecule has 2 heterocycles. The Morgan fingerprint density at radius 2 is 1.80 bits per heavy atom. The number of aromatic nitrogens is 3. The molecule has 2 aromatic carbocycles. The fourth-order valence-electron chi connectivity index (χ4n) is 4.78. The van der Waals surface area contributed by atoms with Gasteiger partial charge in [-0.05, 0) is 55.2 Å². The maximum absolute atomic E-state index is 12.7. The van der Waals surface area contributed by atoms with Gasteiger partial charge in [0, 0.05) is 23.6 Å². The lowest BCUT2D eigenvalue weighted by Gasteiger charge is -2.16. The maximum Gasteiger partial charge on any atom is 0.251 e. The molecule has 4 aromatic rings. The molecule has 1 saturated carbocycles.